The highest BCUT2D eigenvalue weighted by Crippen LogP contribution is 2.66. The minimum Gasteiger partial charge on any atom is -0.393 e. The Bertz CT molecular complexity index is 716. The highest BCUT2D eigenvalue weighted by atomic mass is 16.3. The standard InChI is InChI=1S/C27H44O3/c1-17(7-6-13-25(2,3)30)21-10-11-22-20-9-8-18-15-19(28)16-24(29)27(18,5)23(20)12-14-26(21,22)4/h8-9,17,19,21-24,28-30H,6-7,10-16H2,1-5H3/t17-,19-,21-,22+,23-,24+,26-,27-/m1/s1. The van der Waals surface area contributed by atoms with Crippen LogP contribution in [0.25, 0.3) is 0 Å². The van der Waals surface area contributed by atoms with Crippen molar-refractivity contribution < 1.29 is 15.3 Å². The van der Waals surface area contributed by atoms with E-state index < -0.39 is 17.8 Å². The zero-order valence-corrected chi connectivity index (χ0v) is 19.8. The largest absolute Gasteiger partial charge is 0.393 e. The molecule has 0 amide bonds. The van der Waals surface area contributed by atoms with E-state index >= 15 is 0 Å². The minimum atomic E-state index is -0.555. The van der Waals surface area contributed by atoms with Gasteiger partial charge in [-0.3, -0.25) is 0 Å². The van der Waals surface area contributed by atoms with Gasteiger partial charge in [0.2, 0.25) is 0 Å². The third-order valence-corrected chi connectivity index (χ3v) is 9.86. The lowest BCUT2D eigenvalue weighted by Crippen LogP contribution is -2.52. The molecule has 30 heavy (non-hydrogen) atoms. The third kappa shape index (κ3) is 3.63. The fraction of sp³-hybridized carbons (Fsp3) is 0.852. The van der Waals surface area contributed by atoms with Crippen molar-refractivity contribution in [3.8, 4) is 0 Å². The van der Waals surface area contributed by atoms with Crippen LogP contribution >= 0.6 is 0 Å². The maximum atomic E-state index is 11.0. The molecule has 0 saturated heterocycles. The van der Waals surface area contributed by atoms with Crippen LogP contribution in [0.2, 0.25) is 0 Å². The molecule has 0 unspecified atom stereocenters. The summed E-state index contributed by atoms with van der Waals surface area (Å²) in [5.74, 6) is 2.51. The molecule has 0 radical (unpaired) electrons. The van der Waals surface area contributed by atoms with E-state index in [9.17, 15) is 15.3 Å². The predicted molar refractivity (Wildman–Crippen MR) is 122 cm³/mol. The second-order valence-electron chi connectivity index (χ2n) is 12.3. The van der Waals surface area contributed by atoms with E-state index in [-0.39, 0.29) is 5.41 Å². The smallest absolute Gasteiger partial charge is 0.0661 e. The van der Waals surface area contributed by atoms with E-state index in [1.54, 1.807) is 5.57 Å². The molecule has 3 nitrogen and oxygen atoms in total. The molecule has 0 aliphatic heterocycles. The predicted octanol–water partition coefficient (Wildman–Crippen LogP) is 5.39. The van der Waals surface area contributed by atoms with Crippen molar-refractivity contribution in [2.24, 2.45) is 34.5 Å². The Labute approximate surface area is 183 Å². The first-order chi connectivity index (χ1) is 14.0. The molecule has 0 aromatic carbocycles. The number of allylic oxidation sites excluding steroid dienone is 3. The van der Waals surface area contributed by atoms with Gasteiger partial charge in [0.05, 0.1) is 17.8 Å². The number of aliphatic hydroxyl groups excluding tert-OH is 2. The summed E-state index contributed by atoms with van der Waals surface area (Å²) in [6.07, 6.45) is 13.2. The number of aliphatic hydroxyl groups is 3. The van der Waals surface area contributed by atoms with E-state index in [4.69, 9.17) is 0 Å². The van der Waals surface area contributed by atoms with Crippen LogP contribution in [0.15, 0.2) is 23.3 Å². The van der Waals surface area contributed by atoms with Gasteiger partial charge in [-0.05, 0) is 81.5 Å². The highest BCUT2D eigenvalue weighted by Gasteiger charge is 2.58. The first-order valence-corrected chi connectivity index (χ1v) is 12.5. The number of hydrogen-bond donors (Lipinski definition) is 3. The van der Waals surface area contributed by atoms with Crippen LogP contribution < -0.4 is 0 Å². The number of rotatable bonds is 5. The van der Waals surface area contributed by atoms with E-state index in [2.05, 4.69) is 32.9 Å². The second-order valence-corrected chi connectivity index (χ2v) is 12.3. The molecule has 8 atom stereocenters. The summed E-state index contributed by atoms with van der Waals surface area (Å²) in [7, 11) is 0. The van der Waals surface area contributed by atoms with Crippen molar-refractivity contribution in [2.75, 3.05) is 0 Å². The van der Waals surface area contributed by atoms with Gasteiger partial charge in [-0.15, -0.1) is 0 Å². The molecule has 0 aromatic heterocycles. The van der Waals surface area contributed by atoms with E-state index in [0.717, 1.165) is 31.6 Å². The summed E-state index contributed by atoms with van der Waals surface area (Å²) in [5, 5.41) is 31.3. The van der Waals surface area contributed by atoms with Gasteiger partial charge in [0.1, 0.15) is 0 Å². The fourth-order valence-corrected chi connectivity index (χ4v) is 8.08. The highest BCUT2D eigenvalue weighted by molar-refractivity contribution is 5.40. The average Bonchev–Trinajstić information content (AvgIpc) is 2.99. The first-order valence-electron chi connectivity index (χ1n) is 12.5. The van der Waals surface area contributed by atoms with Crippen molar-refractivity contribution in [1.82, 2.24) is 0 Å². The Kier molecular flexibility index (Phi) is 5.82. The van der Waals surface area contributed by atoms with Crippen molar-refractivity contribution in [2.45, 2.75) is 110 Å². The number of hydrogen-bond acceptors (Lipinski definition) is 3. The lowest BCUT2D eigenvalue weighted by Gasteiger charge is -2.56. The van der Waals surface area contributed by atoms with Crippen molar-refractivity contribution in [3.63, 3.8) is 0 Å². The normalized spacial score (nSPS) is 44.5. The van der Waals surface area contributed by atoms with E-state index in [1.807, 2.05) is 13.8 Å². The lowest BCUT2D eigenvalue weighted by atomic mass is 9.49. The molecule has 3 fully saturated rings. The summed E-state index contributed by atoms with van der Waals surface area (Å²) < 4.78 is 0. The zero-order chi connectivity index (χ0) is 21.9. The summed E-state index contributed by atoms with van der Waals surface area (Å²) in [5.41, 5.74) is 2.47. The Balaban J connectivity index is 1.53. The molecular weight excluding hydrogens is 372 g/mol. The molecule has 4 rings (SSSR count). The van der Waals surface area contributed by atoms with Gasteiger partial charge >= 0.3 is 0 Å². The Hall–Kier alpha value is -0.640. The average molecular weight is 417 g/mol. The minimum absolute atomic E-state index is 0.193. The summed E-state index contributed by atoms with van der Waals surface area (Å²) in [6.45, 7) is 11.1. The molecule has 0 heterocycles. The SMILES string of the molecule is C[C@H](CCCC(C)(C)O)[C@H]1CC[C@H]2C3=CC=C4C[C@@H](O)C[C@H](O)[C@@]4(C)[C@@H]3CC[C@]12C. The van der Waals surface area contributed by atoms with Crippen molar-refractivity contribution in [3.05, 3.63) is 23.3 Å². The van der Waals surface area contributed by atoms with Crippen molar-refractivity contribution >= 4 is 0 Å². The Morgan fingerprint density at radius 2 is 1.83 bits per heavy atom. The van der Waals surface area contributed by atoms with Crippen LogP contribution in [-0.4, -0.2) is 33.1 Å². The zero-order valence-electron chi connectivity index (χ0n) is 19.8. The summed E-state index contributed by atoms with van der Waals surface area (Å²) >= 11 is 0. The second kappa shape index (κ2) is 7.74. The maximum absolute atomic E-state index is 11.0. The quantitative estimate of drug-likeness (QED) is 0.563. The van der Waals surface area contributed by atoms with Crippen LogP contribution in [0.4, 0.5) is 0 Å². The van der Waals surface area contributed by atoms with Gasteiger partial charge in [-0.25, -0.2) is 0 Å². The Morgan fingerprint density at radius 3 is 2.53 bits per heavy atom. The molecule has 0 spiro atoms. The molecule has 170 valence electrons. The van der Waals surface area contributed by atoms with Gasteiger partial charge in [0, 0.05) is 11.8 Å². The molecule has 0 bridgehead atoms. The molecule has 3 heteroatoms. The van der Waals surface area contributed by atoms with Crippen LogP contribution in [0.1, 0.15) is 92.4 Å². The molecule has 4 aliphatic carbocycles. The van der Waals surface area contributed by atoms with Gasteiger partial charge in [-0.1, -0.05) is 56.9 Å². The van der Waals surface area contributed by atoms with Gasteiger partial charge in [0.15, 0.2) is 0 Å². The molecular formula is C27H44O3. The number of fused-ring (bicyclic) bond motifs is 5. The van der Waals surface area contributed by atoms with E-state index in [1.165, 1.54) is 31.3 Å². The van der Waals surface area contributed by atoms with Gasteiger partial charge in [0.25, 0.3) is 0 Å². The molecule has 3 N–H and O–H groups in total. The fourth-order valence-electron chi connectivity index (χ4n) is 8.08. The van der Waals surface area contributed by atoms with Crippen LogP contribution in [0.3, 0.4) is 0 Å². The summed E-state index contributed by atoms with van der Waals surface area (Å²) in [6, 6.07) is 0. The Morgan fingerprint density at radius 1 is 1.10 bits per heavy atom. The maximum Gasteiger partial charge on any atom is 0.0661 e. The molecule has 4 aliphatic rings. The van der Waals surface area contributed by atoms with Gasteiger partial charge < -0.3 is 15.3 Å². The van der Waals surface area contributed by atoms with Gasteiger partial charge in [-0.2, -0.15) is 0 Å². The summed E-state index contributed by atoms with van der Waals surface area (Å²) in [4.78, 5) is 0. The van der Waals surface area contributed by atoms with Crippen LogP contribution in [-0.2, 0) is 0 Å². The third-order valence-electron chi connectivity index (χ3n) is 9.86. The topological polar surface area (TPSA) is 60.7 Å². The molecule has 0 aromatic rings. The first kappa shape index (κ1) is 22.6. The monoisotopic (exact) mass is 416 g/mol. The van der Waals surface area contributed by atoms with Crippen LogP contribution in [0, 0.1) is 34.5 Å². The van der Waals surface area contributed by atoms with Crippen molar-refractivity contribution in [1.29, 1.82) is 0 Å². The molecule has 3 saturated carbocycles. The van der Waals surface area contributed by atoms with Crippen LogP contribution in [0.5, 0.6) is 0 Å². The van der Waals surface area contributed by atoms with E-state index in [0.29, 0.717) is 29.6 Å². The lowest BCUT2D eigenvalue weighted by molar-refractivity contribution is -0.0545.